The van der Waals surface area contributed by atoms with E-state index in [-0.39, 0.29) is 11.9 Å². The van der Waals surface area contributed by atoms with Crippen molar-refractivity contribution in [1.29, 1.82) is 0 Å². The zero-order valence-electron chi connectivity index (χ0n) is 14.9. The van der Waals surface area contributed by atoms with Crippen LogP contribution in [0.25, 0.3) is 0 Å². The third kappa shape index (κ3) is 5.49. The highest BCUT2D eigenvalue weighted by atomic mass is 32.1. The van der Waals surface area contributed by atoms with Crippen molar-refractivity contribution >= 4 is 23.2 Å². The van der Waals surface area contributed by atoms with Gasteiger partial charge in [-0.1, -0.05) is 6.07 Å². The van der Waals surface area contributed by atoms with Gasteiger partial charge in [0.1, 0.15) is 0 Å². The van der Waals surface area contributed by atoms with Gasteiger partial charge < -0.3 is 15.5 Å². The summed E-state index contributed by atoms with van der Waals surface area (Å²) >= 11 is 1.74. The van der Waals surface area contributed by atoms with Gasteiger partial charge in [-0.25, -0.2) is 0 Å². The van der Waals surface area contributed by atoms with Crippen LogP contribution in [-0.4, -0.2) is 68.5 Å². The molecule has 1 fully saturated rings. The normalized spacial score (nSPS) is 18.6. The molecule has 0 spiro atoms. The SMILES string of the molecule is CN=C(NCCCN1CCCC1C(=O)N(C)C)NCc1cccs1. The number of amides is 1. The lowest BCUT2D eigenvalue weighted by atomic mass is 10.2. The van der Waals surface area contributed by atoms with Crippen molar-refractivity contribution in [3.8, 4) is 0 Å². The van der Waals surface area contributed by atoms with Crippen LogP contribution in [0.15, 0.2) is 22.5 Å². The summed E-state index contributed by atoms with van der Waals surface area (Å²) in [6, 6.07) is 4.23. The van der Waals surface area contributed by atoms with E-state index < -0.39 is 0 Å². The number of nitrogens with one attached hydrogen (secondary N) is 2. The van der Waals surface area contributed by atoms with Crippen LogP contribution < -0.4 is 10.6 Å². The molecule has 1 aliphatic heterocycles. The van der Waals surface area contributed by atoms with Crippen LogP contribution in [-0.2, 0) is 11.3 Å². The molecule has 0 radical (unpaired) electrons. The zero-order valence-corrected chi connectivity index (χ0v) is 15.7. The first-order valence-corrected chi connectivity index (χ1v) is 9.42. The van der Waals surface area contributed by atoms with Crippen molar-refractivity contribution in [3.63, 3.8) is 0 Å². The summed E-state index contributed by atoms with van der Waals surface area (Å²) in [6.45, 7) is 3.61. The van der Waals surface area contributed by atoms with Crippen molar-refractivity contribution in [1.82, 2.24) is 20.4 Å². The van der Waals surface area contributed by atoms with E-state index >= 15 is 0 Å². The minimum absolute atomic E-state index is 0.0660. The number of carbonyl (C=O) groups is 1. The molecule has 134 valence electrons. The van der Waals surface area contributed by atoms with Crippen LogP contribution in [0.2, 0.25) is 0 Å². The van der Waals surface area contributed by atoms with Crippen LogP contribution in [0.4, 0.5) is 0 Å². The van der Waals surface area contributed by atoms with Crippen molar-refractivity contribution in [2.24, 2.45) is 4.99 Å². The topological polar surface area (TPSA) is 60.0 Å². The minimum atomic E-state index is 0.0660. The van der Waals surface area contributed by atoms with Crippen LogP contribution in [0, 0.1) is 0 Å². The van der Waals surface area contributed by atoms with Gasteiger partial charge in [0.05, 0.1) is 12.6 Å². The Morgan fingerprint density at radius 2 is 2.29 bits per heavy atom. The van der Waals surface area contributed by atoms with Crippen LogP contribution >= 0.6 is 11.3 Å². The second-order valence-electron chi connectivity index (χ2n) is 6.21. The summed E-state index contributed by atoms with van der Waals surface area (Å²) in [5.74, 6) is 1.06. The first kappa shape index (κ1) is 18.7. The van der Waals surface area contributed by atoms with E-state index in [1.807, 2.05) is 14.1 Å². The number of thiophene rings is 1. The molecule has 0 aromatic carbocycles. The van der Waals surface area contributed by atoms with E-state index in [4.69, 9.17) is 0 Å². The van der Waals surface area contributed by atoms with E-state index in [2.05, 4.69) is 38.0 Å². The Kier molecular flexibility index (Phi) is 7.52. The number of nitrogens with zero attached hydrogens (tertiary/aromatic N) is 3. The van der Waals surface area contributed by atoms with Gasteiger partial charge in [-0.3, -0.25) is 14.7 Å². The smallest absolute Gasteiger partial charge is 0.239 e. The van der Waals surface area contributed by atoms with Gasteiger partial charge in [0.2, 0.25) is 5.91 Å². The Morgan fingerprint density at radius 1 is 1.46 bits per heavy atom. The van der Waals surface area contributed by atoms with Gasteiger partial charge in [-0.05, 0) is 37.3 Å². The number of hydrogen-bond donors (Lipinski definition) is 2. The largest absolute Gasteiger partial charge is 0.356 e. The summed E-state index contributed by atoms with van der Waals surface area (Å²) in [4.78, 5) is 21.7. The van der Waals surface area contributed by atoms with Gasteiger partial charge in [0, 0.05) is 39.1 Å². The molecule has 2 rings (SSSR count). The predicted octanol–water partition coefficient (Wildman–Crippen LogP) is 1.36. The zero-order chi connectivity index (χ0) is 17.4. The fourth-order valence-electron chi connectivity index (χ4n) is 2.97. The average Bonchev–Trinajstić information content (AvgIpc) is 3.24. The van der Waals surface area contributed by atoms with E-state index in [1.165, 1.54) is 4.88 Å². The molecule has 0 aliphatic carbocycles. The molecule has 0 bridgehead atoms. The van der Waals surface area contributed by atoms with E-state index in [1.54, 1.807) is 23.3 Å². The molecule has 1 aliphatic rings. The Morgan fingerprint density at radius 3 is 2.96 bits per heavy atom. The standard InChI is InChI=1S/C17H29N5OS/c1-18-17(20-13-14-7-5-12-24-14)19-9-6-11-22-10-4-8-15(22)16(23)21(2)3/h5,7,12,15H,4,6,8-11,13H2,1-3H3,(H2,18,19,20). The third-order valence-corrected chi connectivity index (χ3v) is 5.11. The molecule has 6 nitrogen and oxygen atoms in total. The molecule has 1 aromatic heterocycles. The maximum Gasteiger partial charge on any atom is 0.239 e. The molecule has 1 unspecified atom stereocenters. The van der Waals surface area contributed by atoms with Gasteiger partial charge in [0.15, 0.2) is 5.96 Å². The number of guanidine groups is 1. The monoisotopic (exact) mass is 351 g/mol. The molecule has 1 aromatic rings. The fourth-order valence-corrected chi connectivity index (χ4v) is 3.61. The Labute approximate surface area is 148 Å². The molecular formula is C17H29N5OS. The van der Waals surface area contributed by atoms with E-state index in [0.717, 1.165) is 51.4 Å². The summed E-state index contributed by atoms with van der Waals surface area (Å²) in [6.07, 6.45) is 3.09. The van der Waals surface area contributed by atoms with Crippen LogP contribution in [0.3, 0.4) is 0 Å². The Bertz CT molecular complexity index is 529. The quantitative estimate of drug-likeness (QED) is 0.442. The first-order chi connectivity index (χ1) is 11.6. The second kappa shape index (κ2) is 9.64. The van der Waals surface area contributed by atoms with Gasteiger partial charge in [-0.15, -0.1) is 11.3 Å². The fraction of sp³-hybridized carbons (Fsp3) is 0.647. The van der Waals surface area contributed by atoms with E-state index in [9.17, 15) is 4.79 Å². The first-order valence-electron chi connectivity index (χ1n) is 8.54. The Hall–Kier alpha value is -1.60. The highest BCUT2D eigenvalue weighted by Crippen LogP contribution is 2.18. The molecule has 0 saturated carbocycles. The molecule has 7 heteroatoms. The van der Waals surface area contributed by atoms with Gasteiger partial charge in [0.25, 0.3) is 0 Å². The summed E-state index contributed by atoms with van der Waals surface area (Å²) in [5, 5.41) is 8.74. The number of hydrogen-bond acceptors (Lipinski definition) is 4. The molecule has 1 saturated heterocycles. The predicted molar refractivity (Wildman–Crippen MR) is 100 cm³/mol. The minimum Gasteiger partial charge on any atom is -0.356 e. The molecule has 1 amide bonds. The third-order valence-electron chi connectivity index (χ3n) is 4.24. The van der Waals surface area contributed by atoms with Crippen molar-refractivity contribution in [2.75, 3.05) is 40.8 Å². The maximum atomic E-state index is 12.2. The highest BCUT2D eigenvalue weighted by Gasteiger charge is 2.30. The summed E-state index contributed by atoms with van der Waals surface area (Å²) in [7, 11) is 5.46. The van der Waals surface area contributed by atoms with Crippen molar-refractivity contribution in [3.05, 3.63) is 22.4 Å². The van der Waals surface area contributed by atoms with Crippen molar-refractivity contribution < 1.29 is 4.79 Å². The molecular weight excluding hydrogens is 322 g/mol. The lowest BCUT2D eigenvalue weighted by molar-refractivity contribution is -0.133. The number of likely N-dealkylation sites (N-methyl/N-ethyl adjacent to an activating group) is 1. The number of aliphatic imine (C=N–C) groups is 1. The lowest BCUT2D eigenvalue weighted by Crippen LogP contribution is -2.44. The number of rotatable bonds is 7. The summed E-state index contributed by atoms with van der Waals surface area (Å²) in [5.41, 5.74) is 0. The van der Waals surface area contributed by atoms with Gasteiger partial charge in [-0.2, -0.15) is 0 Å². The van der Waals surface area contributed by atoms with Crippen molar-refractivity contribution in [2.45, 2.75) is 31.8 Å². The molecule has 2 N–H and O–H groups in total. The highest BCUT2D eigenvalue weighted by molar-refractivity contribution is 7.09. The number of likely N-dealkylation sites (tertiary alicyclic amines) is 1. The molecule has 2 heterocycles. The Balaban J connectivity index is 1.66. The average molecular weight is 352 g/mol. The van der Waals surface area contributed by atoms with Gasteiger partial charge >= 0.3 is 0 Å². The lowest BCUT2D eigenvalue weighted by Gasteiger charge is -2.26. The maximum absolute atomic E-state index is 12.2. The second-order valence-corrected chi connectivity index (χ2v) is 7.24. The van der Waals surface area contributed by atoms with Crippen LogP contribution in [0.5, 0.6) is 0 Å². The molecule has 24 heavy (non-hydrogen) atoms. The number of carbonyl (C=O) groups excluding carboxylic acids is 1. The summed E-state index contributed by atoms with van der Waals surface area (Å²) < 4.78 is 0. The van der Waals surface area contributed by atoms with Crippen LogP contribution in [0.1, 0.15) is 24.1 Å². The molecule has 1 atom stereocenters. The van der Waals surface area contributed by atoms with E-state index in [0.29, 0.717) is 0 Å².